The van der Waals surface area contributed by atoms with Gasteiger partial charge in [0, 0.05) is 47.7 Å². The molecule has 2 aliphatic heterocycles. The van der Waals surface area contributed by atoms with Crippen molar-refractivity contribution in [3.05, 3.63) is 95.5 Å². The Morgan fingerprint density at radius 1 is 1.07 bits per heavy atom. The van der Waals surface area contributed by atoms with Crippen LogP contribution in [0.15, 0.2) is 89.8 Å². The van der Waals surface area contributed by atoms with Crippen molar-refractivity contribution in [1.29, 1.82) is 0 Å². The van der Waals surface area contributed by atoms with Gasteiger partial charge in [0.05, 0.1) is 6.61 Å². The number of carbonyl (C=O) groups is 4. The molecule has 3 heterocycles. The Morgan fingerprint density at radius 3 is 2.65 bits per heavy atom. The molecule has 6 rings (SSSR count). The number of nitrogens with one attached hydrogen (secondary N) is 4. The maximum absolute atomic E-state index is 14.1. The largest absolute Gasteiger partial charge is 0.462 e. The minimum absolute atomic E-state index is 0.0968. The Bertz CT molecular complexity index is 1770. The second-order valence-electron chi connectivity index (χ2n) is 12.2. The fourth-order valence-corrected chi connectivity index (χ4v) is 6.40. The predicted octanol–water partition coefficient (Wildman–Crippen LogP) is 5.03. The van der Waals surface area contributed by atoms with E-state index in [0.29, 0.717) is 37.8 Å². The van der Waals surface area contributed by atoms with Gasteiger partial charge in [-0.1, -0.05) is 67.1 Å². The molecule has 0 radical (unpaired) electrons. The summed E-state index contributed by atoms with van der Waals surface area (Å²) >= 11 is 0. The van der Waals surface area contributed by atoms with E-state index in [1.54, 1.807) is 25.1 Å². The van der Waals surface area contributed by atoms with Crippen molar-refractivity contribution >= 4 is 34.5 Å². The molecular weight excluding hydrogens is 587 g/mol. The van der Waals surface area contributed by atoms with Crippen molar-refractivity contribution in [1.82, 2.24) is 20.9 Å². The van der Waals surface area contributed by atoms with E-state index in [9.17, 15) is 23.6 Å². The van der Waals surface area contributed by atoms with Gasteiger partial charge in [-0.2, -0.15) is 0 Å². The summed E-state index contributed by atoms with van der Waals surface area (Å²) in [5.41, 5.74) is 3.26. The summed E-state index contributed by atoms with van der Waals surface area (Å²) < 4.78 is 19.2. The fourth-order valence-electron chi connectivity index (χ4n) is 6.40. The van der Waals surface area contributed by atoms with Crippen molar-refractivity contribution in [2.45, 2.75) is 51.1 Å². The summed E-state index contributed by atoms with van der Waals surface area (Å²) in [5.74, 6) is -2.37. The molecule has 46 heavy (non-hydrogen) atoms. The molecule has 0 bridgehead atoms. The summed E-state index contributed by atoms with van der Waals surface area (Å²) in [6.07, 6.45) is 6.64. The number of fused-ring (bicyclic) bond motifs is 1. The standard InChI is InChI=1S/C36H37FN4O5/c1-21-17-22(9-10-29(21)37)18-32(35(44)39-26(19-24-13-15-38-33(24)42)20-25-14-16-46-36(25)45)41-34(43)31-12-11-30(40-31)28-8-4-6-23-5-2-3-7-27(23)28/h2-12,20-21,24,26,32,40H,13-19H2,1H3,(H,38,42)(H,39,44)(H,41,43)/b25-20+/t21?,24-,26-,32-/m0/s1. The summed E-state index contributed by atoms with van der Waals surface area (Å²) in [6.45, 7) is 2.59. The molecule has 2 aromatic carbocycles. The molecule has 0 spiro atoms. The van der Waals surface area contributed by atoms with Crippen LogP contribution in [0, 0.1) is 11.8 Å². The van der Waals surface area contributed by atoms with E-state index in [2.05, 4.69) is 20.9 Å². The topological polar surface area (TPSA) is 129 Å². The van der Waals surface area contributed by atoms with Crippen LogP contribution >= 0.6 is 0 Å². The number of rotatable bonds is 10. The number of ether oxygens (including phenoxy) is 1. The van der Waals surface area contributed by atoms with Crippen LogP contribution in [0.1, 0.15) is 49.5 Å². The molecule has 238 valence electrons. The molecule has 3 aromatic rings. The Labute approximate surface area is 266 Å². The van der Waals surface area contributed by atoms with Crippen molar-refractivity contribution in [2.75, 3.05) is 13.2 Å². The van der Waals surface area contributed by atoms with Crippen molar-refractivity contribution in [3.63, 3.8) is 0 Å². The fraction of sp³-hybridized carbons (Fsp3) is 0.333. The zero-order chi connectivity index (χ0) is 32.2. The molecule has 1 aliphatic carbocycles. The highest BCUT2D eigenvalue weighted by Gasteiger charge is 2.32. The lowest BCUT2D eigenvalue weighted by molar-refractivity contribution is -0.135. The predicted molar refractivity (Wildman–Crippen MR) is 172 cm³/mol. The van der Waals surface area contributed by atoms with Gasteiger partial charge in [0.2, 0.25) is 11.8 Å². The molecule has 1 unspecified atom stereocenters. The van der Waals surface area contributed by atoms with Crippen LogP contribution in [0.3, 0.4) is 0 Å². The number of H-pyrrole nitrogens is 1. The summed E-state index contributed by atoms with van der Waals surface area (Å²) in [6, 6.07) is 15.8. The number of cyclic esters (lactones) is 1. The number of allylic oxidation sites excluding steroid dienone is 3. The van der Waals surface area contributed by atoms with Gasteiger partial charge >= 0.3 is 5.97 Å². The van der Waals surface area contributed by atoms with Gasteiger partial charge in [0.1, 0.15) is 17.6 Å². The summed E-state index contributed by atoms with van der Waals surface area (Å²) in [7, 11) is 0. The van der Waals surface area contributed by atoms with Crippen LogP contribution in [0.2, 0.25) is 0 Å². The van der Waals surface area contributed by atoms with E-state index >= 15 is 0 Å². The number of hydrogen-bond donors (Lipinski definition) is 4. The lowest BCUT2D eigenvalue weighted by Crippen LogP contribution is -2.50. The molecule has 0 saturated carbocycles. The maximum atomic E-state index is 14.1. The third-order valence-electron chi connectivity index (χ3n) is 8.91. The van der Waals surface area contributed by atoms with E-state index in [-0.39, 0.29) is 42.3 Å². The quantitative estimate of drug-likeness (QED) is 0.186. The molecule has 10 heteroatoms. The first kappa shape index (κ1) is 31.0. The second kappa shape index (κ2) is 13.6. The van der Waals surface area contributed by atoms with E-state index in [1.165, 1.54) is 6.08 Å². The summed E-state index contributed by atoms with van der Waals surface area (Å²) in [4.78, 5) is 55.4. The number of halogens is 1. The number of aromatic nitrogens is 1. The maximum Gasteiger partial charge on any atom is 0.333 e. The molecule has 2 saturated heterocycles. The normalized spacial score (nSPS) is 21.7. The first-order valence-corrected chi connectivity index (χ1v) is 15.7. The van der Waals surface area contributed by atoms with Crippen LogP contribution < -0.4 is 16.0 Å². The number of amides is 3. The molecule has 3 aliphatic rings. The molecule has 1 aromatic heterocycles. The third-order valence-corrected chi connectivity index (χ3v) is 8.91. The zero-order valence-corrected chi connectivity index (χ0v) is 25.6. The molecule has 3 amide bonds. The minimum atomic E-state index is -1.00. The lowest BCUT2D eigenvalue weighted by Gasteiger charge is -2.25. The number of aromatic amines is 1. The smallest absolute Gasteiger partial charge is 0.333 e. The highest BCUT2D eigenvalue weighted by molar-refractivity contribution is 5.99. The number of benzene rings is 2. The molecular formula is C36H37FN4O5. The molecule has 9 nitrogen and oxygen atoms in total. The Kier molecular flexibility index (Phi) is 9.14. The van der Waals surface area contributed by atoms with Crippen LogP contribution in [0.25, 0.3) is 22.0 Å². The van der Waals surface area contributed by atoms with Crippen molar-refractivity contribution in [3.8, 4) is 11.3 Å². The Hall–Kier alpha value is -4.99. The van der Waals surface area contributed by atoms with Crippen LogP contribution in [0.5, 0.6) is 0 Å². The first-order valence-electron chi connectivity index (χ1n) is 15.7. The lowest BCUT2D eigenvalue weighted by atomic mass is 9.90. The van der Waals surface area contributed by atoms with Crippen molar-refractivity contribution in [2.24, 2.45) is 11.8 Å². The number of hydrogen-bond acceptors (Lipinski definition) is 5. The summed E-state index contributed by atoms with van der Waals surface area (Å²) in [5, 5.41) is 10.8. The van der Waals surface area contributed by atoms with Gasteiger partial charge < -0.3 is 25.7 Å². The van der Waals surface area contributed by atoms with Crippen LogP contribution in [-0.2, 0) is 19.1 Å². The van der Waals surface area contributed by atoms with Gasteiger partial charge in [-0.25, -0.2) is 9.18 Å². The van der Waals surface area contributed by atoms with Gasteiger partial charge in [0.25, 0.3) is 5.91 Å². The van der Waals surface area contributed by atoms with E-state index in [1.807, 2.05) is 48.5 Å². The third kappa shape index (κ3) is 6.96. The monoisotopic (exact) mass is 624 g/mol. The van der Waals surface area contributed by atoms with Crippen LogP contribution in [-0.4, -0.2) is 53.9 Å². The van der Waals surface area contributed by atoms with E-state index in [4.69, 9.17) is 4.74 Å². The minimum Gasteiger partial charge on any atom is -0.462 e. The van der Waals surface area contributed by atoms with Gasteiger partial charge in [-0.05, 0) is 54.7 Å². The molecule has 2 fully saturated rings. The highest BCUT2D eigenvalue weighted by atomic mass is 19.1. The van der Waals surface area contributed by atoms with Crippen LogP contribution in [0.4, 0.5) is 4.39 Å². The first-order chi connectivity index (χ1) is 22.2. The molecule has 4 N–H and O–H groups in total. The number of esters is 1. The van der Waals surface area contributed by atoms with Crippen molar-refractivity contribution < 1.29 is 28.3 Å². The second-order valence-corrected chi connectivity index (χ2v) is 12.2. The van der Waals surface area contributed by atoms with Gasteiger partial charge in [-0.3, -0.25) is 14.4 Å². The Morgan fingerprint density at radius 2 is 1.89 bits per heavy atom. The molecule has 4 atom stereocenters. The SMILES string of the molecule is CC1CC(C[C@H](NC(=O)c2ccc(-c3cccc4ccccc34)[nH]2)C(=O)N[C@H](/C=C2\CCOC2=O)C[C@@H]2CCNC2=O)=CC=C1F. The highest BCUT2D eigenvalue weighted by Crippen LogP contribution is 2.30. The number of carbonyl (C=O) groups excluding carboxylic acids is 4. The van der Waals surface area contributed by atoms with E-state index < -0.39 is 29.9 Å². The average Bonchev–Trinajstić information content (AvgIpc) is 3.80. The van der Waals surface area contributed by atoms with E-state index in [0.717, 1.165) is 27.6 Å². The average molecular weight is 625 g/mol. The zero-order valence-electron chi connectivity index (χ0n) is 25.6. The van der Waals surface area contributed by atoms with Gasteiger partial charge in [0.15, 0.2) is 0 Å². The van der Waals surface area contributed by atoms with Gasteiger partial charge in [-0.15, -0.1) is 0 Å². The Balaban J connectivity index is 1.24.